The number of carbonyl (C=O) groups is 2. The number of aromatic nitrogens is 1. The van der Waals surface area contributed by atoms with Crippen LogP contribution in [0.4, 0.5) is 0 Å². The Morgan fingerprint density at radius 3 is 2.62 bits per heavy atom. The van der Waals surface area contributed by atoms with Gasteiger partial charge in [-0.15, -0.1) is 11.3 Å². The molecular weight excluding hydrogens is 516 g/mol. The number of nitrogens with one attached hydrogen (secondary N) is 1. The number of aliphatic carboxylic acids is 2. The number of hydrogen-bond acceptors (Lipinski definition) is 6. The van der Waals surface area contributed by atoms with Crippen molar-refractivity contribution >= 4 is 55.9 Å². The molecule has 5 rings (SSSR count). The minimum atomic E-state index is -1.82. The Hall–Kier alpha value is -3.11. The zero-order chi connectivity index (χ0) is 26.5. The average molecular weight is 545 g/mol. The van der Waals surface area contributed by atoms with Gasteiger partial charge in [-0.2, -0.15) is 0 Å². The van der Waals surface area contributed by atoms with Gasteiger partial charge in [0.2, 0.25) is 0 Å². The number of carboxylic acid groups (broad SMARTS) is 2. The SMILES string of the molecule is C[C@@H]1C[C@@H](c2cc3c(Cl)cccc3s2)CCN1C[C@H](O)COc1cccc2[nH]ccc12.O=C(O)C(=O)O. The van der Waals surface area contributed by atoms with Crippen molar-refractivity contribution in [3.05, 3.63) is 64.6 Å². The van der Waals surface area contributed by atoms with E-state index in [-0.39, 0.29) is 0 Å². The van der Waals surface area contributed by atoms with E-state index in [1.807, 2.05) is 53.9 Å². The number of ether oxygens (including phenoxy) is 1. The molecule has 4 aromatic rings. The van der Waals surface area contributed by atoms with Crippen LogP contribution in [-0.4, -0.2) is 69.0 Å². The number of hydrogen-bond donors (Lipinski definition) is 4. The normalized spacial score (nSPS) is 18.8. The number of carboxylic acids is 2. The van der Waals surface area contributed by atoms with Crippen LogP contribution in [0.1, 0.15) is 30.6 Å². The molecule has 2 aromatic carbocycles. The number of piperidine rings is 1. The maximum Gasteiger partial charge on any atom is 0.414 e. The second kappa shape index (κ2) is 12.0. The Bertz CT molecular complexity index is 1370. The zero-order valence-electron chi connectivity index (χ0n) is 20.3. The molecule has 1 aliphatic heterocycles. The predicted molar refractivity (Wildman–Crippen MR) is 145 cm³/mol. The lowest BCUT2D eigenvalue weighted by molar-refractivity contribution is -0.159. The molecule has 10 heteroatoms. The molecular formula is C27H29ClN2O6S. The molecule has 0 aliphatic carbocycles. The highest BCUT2D eigenvalue weighted by molar-refractivity contribution is 7.19. The fourth-order valence-corrected chi connectivity index (χ4v) is 6.21. The predicted octanol–water partition coefficient (Wildman–Crippen LogP) is 5.20. The molecule has 0 spiro atoms. The molecule has 1 aliphatic rings. The first kappa shape index (κ1) is 26.9. The molecule has 0 saturated carbocycles. The molecule has 3 atom stereocenters. The summed E-state index contributed by atoms with van der Waals surface area (Å²) in [4.78, 5) is 25.2. The van der Waals surface area contributed by atoms with Crippen molar-refractivity contribution < 1.29 is 29.6 Å². The average Bonchev–Trinajstić information content (AvgIpc) is 3.52. The van der Waals surface area contributed by atoms with Crippen molar-refractivity contribution in [1.82, 2.24) is 9.88 Å². The van der Waals surface area contributed by atoms with Gasteiger partial charge in [0.15, 0.2) is 0 Å². The smallest absolute Gasteiger partial charge is 0.414 e. The first-order valence-corrected chi connectivity index (χ1v) is 13.2. The Labute approximate surface area is 223 Å². The summed E-state index contributed by atoms with van der Waals surface area (Å²) in [7, 11) is 0. The third-order valence-corrected chi connectivity index (χ3v) is 8.15. The quantitative estimate of drug-likeness (QED) is 0.246. The molecule has 0 amide bonds. The van der Waals surface area contributed by atoms with E-state index in [0.717, 1.165) is 41.1 Å². The maximum atomic E-state index is 10.6. The van der Waals surface area contributed by atoms with Crippen LogP contribution < -0.4 is 4.74 Å². The number of thiophene rings is 1. The number of β-amino-alcohol motifs (C(OH)–C–C–N with tert-alkyl or cyclic N) is 1. The molecule has 0 unspecified atom stereocenters. The molecule has 37 heavy (non-hydrogen) atoms. The van der Waals surface area contributed by atoms with Crippen LogP contribution >= 0.6 is 22.9 Å². The number of nitrogens with zero attached hydrogens (tertiary/aromatic N) is 1. The van der Waals surface area contributed by atoms with Crippen molar-refractivity contribution in [2.75, 3.05) is 19.7 Å². The lowest BCUT2D eigenvalue weighted by Crippen LogP contribution is -2.45. The summed E-state index contributed by atoms with van der Waals surface area (Å²) in [5.74, 6) is -2.28. The van der Waals surface area contributed by atoms with Crippen molar-refractivity contribution in [2.24, 2.45) is 0 Å². The van der Waals surface area contributed by atoms with E-state index in [1.165, 1.54) is 15.0 Å². The topological polar surface area (TPSA) is 123 Å². The van der Waals surface area contributed by atoms with E-state index in [4.69, 9.17) is 36.1 Å². The highest BCUT2D eigenvalue weighted by atomic mass is 35.5. The number of benzene rings is 2. The zero-order valence-corrected chi connectivity index (χ0v) is 21.8. The summed E-state index contributed by atoms with van der Waals surface area (Å²) in [6.07, 6.45) is 3.59. The molecule has 2 aromatic heterocycles. The van der Waals surface area contributed by atoms with E-state index in [1.54, 1.807) is 0 Å². The minimum absolute atomic E-state index is 0.297. The van der Waals surface area contributed by atoms with Crippen molar-refractivity contribution in [3.63, 3.8) is 0 Å². The number of halogens is 1. The summed E-state index contributed by atoms with van der Waals surface area (Å²) < 4.78 is 7.21. The highest BCUT2D eigenvalue weighted by Gasteiger charge is 2.29. The van der Waals surface area contributed by atoms with Crippen LogP contribution in [0.3, 0.4) is 0 Å². The van der Waals surface area contributed by atoms with Crippen LogP contribution in [0.2, 0.25) is 5.02 Å². The van der Waals surface area contributed by atoms with Crippen molar-refractivity contribution in [1.29, 1.82) is 0 Å². The maximum absolute atomic E-state index is 10.6. The molecule has 4 N–H and O–H groups in total. The largest absolute Gasteiger partial charge is 0.490 e. The van der Waals surface area contributed by atoms with Crippen molar-refractivity contribution in [2.45, 2.75) is 37.8 Å². The molecule has 8 nitrogen and oxygen atoms in total. The molecule has 1 saturated heterocycles. The van der Waals surface area contributed by atoms with Gasteiger partial charge in [0.05, 0.1) is 0 Å². The van der Waals surface area contributed by atoms with Crippen molar-refractivity contribution in [3.8, 4) is 5.75 Å². The van der Waals surface area contributed by atoms with E-state index < -0.39 is 18.0 Å². The number of likely N-dealkylation sites (tertiary alicyclic amines) is 1. The number of H-pyrrole nitrogens is 1. The Morgan fingerprint density at radius 2 is 1.92 bits per heavy atom. The number of rotatable bonds is 6. The Kier molecular flexibility index (Phi) is 8.71. The highest BCUT2D eigenvalue weighted by Crippen LogP contribution is 2.40. The number of fused-ring (bicyclic) bond motifs is 2. The molecule has 1 fully saturated rings. The van der Waals surface area contributed by atoms with Crippen LogP contribution in [-0.2, 0) is 9.59 Å². The second-order valence-corrected chi connectivity index (χ2v) is 10.7. The fourth-order valence-electron chi connectivity index (χ4n) is 4.69. The fraction of sp³-hybridized carbons (Fsp3) is 0.333. The van der Waals surface area contributed by atoms with Gasteiger partial charge in [-0.3, -0.25) is 4.90 Å². The Morgan fingerprint density at radius 1 is 1.16 bits per heavy atom. The van der Waals surface area contributed by atoms with Gasteiger partial charge in [0.25, 0.3) is 0 Å². The van der Waals surface area contributed by atoms with Crippen LogP contribution in [0, 0.1) is 0 Å². The van der Waals surface area contributed by atoms with E-state index in [0.29, 0.717) is 25.1 Å². The molecule has 196 valence electrons. The number of aliphatic hydroxyl groups excluding tert-OH is 1. The number of aromatic amines is 1. The minimum Gasteiger partial charge on any atom is -0.490 e. The molecule has 0 radical (unpaired) electrons. The van der Waals surface area contributed by atoms with Gasteiger partial charge in [0.1, 0.15) is 18.5 Å². The van der Waals surface area contributed by atoms with Gasteiger partial charge in [-0.05, 0) is 68.6 Å². The van der Waals surface area contributed by atoms with Gasteiger partial charge in [-0.1, -0.05) is 23.7 Å². The third-order valence-electron chi connectivity index (χ3n) is 6.56. The first-order valence-electron chi connectivity index (χ1n) is 12.0. The molecule has 3 heterocycles. The summed E-state index contributed by atoms with van der Waals surface area (Å²) in [6, 6.07) is 16.8. The van der Waals surface area contributed by atoms with Crippen LogP contribution in [0.5, 0.6) is 5.75 Å². The van der Waals surface area contributed by atoms with E-state index in [2.05, 4.69) is 28.9 Å². The third kappa shape index (κ3) is 6.61. The summed E-state index contributed by atoms with van der Waals surface area (Å²) in [6.45, 7) is 4.18. The summed E-state index contributed by atoms with van der Waals surface area (Å²) in [5, 5.41) is 28.5. The van der Waals surface area contributed by atoms with Gasteiger partial charge in [-0.25, -0.2) is 9.59 Å². The summed E-state index contributed by atoms with van der Waals surface area (Å²) >= 11 is 8.24. The standard InChI is InChI=1S/C25H27ClN2O2S.C2H2O4/c1-16-12-17(25-13-20-21(26)4-2-7-24(20)31-25)9-11-28(16)14-18(29)15-30-23-6-3-5-22-19(23)8-10-27-22;3-1(4)2(5)6/h2-8,10,13,16-18,27,29H,9,11-12,14-15H2,1H3;(H,3,4)(H,5,6)/t16-,17+,18+;/m1./s1. The van der Waals surface area contributed by atoms with Gasteiger partial charge in [0, 0.05) is 49.7 Å². The lowest BCUT2D eigenvalue weighted by atomic mass is 9.90. The van der Waals surface area contributed by atoms with Crippen LogP contribution in [0.25, 0.3) is 21.0 Å². The van der Waals surface area contributed by atoms with Gasteiger partial charge >= 0.3 is 11.9 Å². The number of aliphatic hydroxyl groups is 1. The van der Waals surface area contributed by atoms with E-state index >= 15 is 0 Å². The van der Waals surface area contributed by atoms with E-state index in [9.17, 15) is 5.11 Å². The van der Waals surface area contributed by atoms with Crippen LogP contribution in [0.15, 0.2) is 54.7 Å². The Balaban J connectivity index is 0.000000480. The second-order valence-electron chi connectivity index (χ2n) is 9.14. The summed E-state index contributed by atoms with van der Waals surface area (Å²) in [5.41, 5.74) is 1.05. The molecule has 0 bridgehead atoms. The first-order chi connectivity index (χ1) is 17.7. The lowest BCUT2D eigenvalue weighted by Gasteiger charge is -2.38. The monoisotopic (exact) mass is 544 g/mol. The van der Waals surface area contributed by atoms with Gasteiger partial charge < -0.3 is 25.0 Å².